The number of carbonyl (C=O) groups excluding carboxylic acids is 3. The number of aromatic nitrogens is 1. The molecule has 0 unspecified atom stereocenters. The zero-order chi connectivity index (χ0) is 24.8. The Hall–Kier alpha value is -3.51. The maximum Gasteiger partial charge on any atom is 0.277 e. The molecular weight excluding hydrogens is 462 g/mol. The first kappa shape index (κ1) is 24.6. The van der Waals surface area contributed by atoms with Gasteiger partial charge >= 0.3 is 0 Å². The van der Waals surface area contributed by atoms with Crippen LogP contribution in [-0.4, -0.2) is 28.6 Å². The lowest BCUT2D eigenvalue weighted by atomic mass is 9.94. The molecule has 7 heteroatoms. The van der Waals surface area contributed by atoms with Crippen LogP contribution in [0, 0.1) is 0 Å². The van der Waals surface area contributed by atoms with Crippen LogP contribution in [0.15, 0.2) is 72.9 Å². The number of amides is 2. The van der Waals surface area contributed by atoms with Gasteiger partial charge in [0.25, 0.3) is 5.91 Å². The van der Waals surface area contributed by atoms with Gasteiger partial charge in [0.05, 0.1) is 0 Å². The summed E-state index contributed by atoms with van der Waals surface area (Å²) in [4.78, 5) is 45.2. The van der Waals surface area contributed by atoms with Gasteiger partial charge in [0.15, 0.2) is 5.78 Å². The number of benzene rings is 2. The van der Waals surface area contributed by atoms with E-state index >= 15 is 0 Å². The Balaban J connectivity index is 1.80. The Bertz CT molecular complexity index is 1170. The molecule has 1 heterocycles. The number of Topliss-reactive ketones (excluding diaryl/α,β-unsaturated/α-hetero) is 1. The number of nitrogens with one attached hydrogen (secondary N) is 1. The molecule has 1 aliphatic carbocycles. The fraction of sp³-hybridized carbons (Fsp3) is 0.286. The molecule has 0 spiro atoms. The SMILES string of the molecule is CC(=O)c1ccc(N(C(=O)c2ccccn2)[C@H](C(=O)NC2CCCCC2)c2ccc(Cl)cc2)cc1. The minimum atomic E-state index is -0.952. The predicted octanol–water partition coefficient (Wildman–Crippen LogP) is 5.77. The van der Waals surface area contributed by atoms with E-state index in [4.69, 9.17) is 11.6 Å². The number of anilines is 1. The van der Waals surface area contributed by atoms with E-state index in [1.165, 1.54) is 18.2 Å². The Morgan fingerprint density at radius 3 is 2.23 bits per heavy atom. The molecule has 2 amide bonds. The zero-order valence-electron chi connectivity index (χ0n) is 19.6. The second kappa shape index (κ2) is 11.3. The van der Waals surface area contributed by atoms with Crippen molar-refractivity contribution in [3.63, 3.8) is 0 Å². The van der Waals surface area contributed by atoms with Gasteiger partial charge in [-0.2, -0.15) is 0 Å². The summed E-state index contributed by atoms with van der Waals surface area (Å²) in [5, 5.41) is 3.71. The van der Waals surface area contributed by atoms with E-state index in [1.807, 2.05) is 0 Å². The first-order valence-corrected chi connectivity index (χ1v) is 12.2. The van der Waals surface area contributed by atoms with Gasteiger partial charge in [-0.25, -0.2) is 0 Å². The molecular formula is C28H28ClN3O3. The molecule has 1 N–H and O–H groups in total. The van der Waals surface area contributed by atoms with Crippen molar-refractivity contribution in [1.29, 1.82) is 0 Å². The van der Waals surface area contributed by atoms with Gasteiger partial charge in [0.1, 0.15) is 11.7 Å². The van der Waals surface area contributed by atoms with Gasteiger partial charge in [-0.1, -0.05) is 49.1 Å². The smallest absolute Gasteiger partial charge is 0.277 e. The molecule has 0 aliphatic heterocycles. The molecule has 1 saturated carbocycles. The molecule has 1 atom stereocenters. The summed E-state index contributed by atoms with van der Waals surface area (Å²) in [6, 6.07) is 17.8. The van der Waals surface area contributed by atoms with E-state index in [9.17, 15) is 14.4 Å². The van der Waals surface area contributed by atoms with E-state index in [0.717, 1.165) is 25.7 Å². The first-order chi connectivity index (χ1) is 16.9. The molecule has 4 rings (SSSR count). The second-order valence-electron chi connectivity index (χ2n) is 8.79. The summed E-state index contributed by atoms with van der Waals surface area (Å²) in [5.41, 5.74) is 1.85. The Morgan fingerprint density at radius 1 is 0.943 bits per heavy atom. The van der Waals surface area contributed by atoms with Crippen LogP contribution in [0.4, 0.5) is 5.69 Å². The number of pyridine rings is 1. The molecule has 6 nitrogen and oxygen atoms in total. The molecule has 180 valence electrons. The van der Waals surface area contributed by atoms with Crippen LogP contribution in [0.2, 0.25) is 5.02 Å². The van der Waals surface area contributed by atoms with Crippen molar-refractivity contribution >= 4 is 34.9 Å². The van der Waals surface area contributed by atoms with Crippen molar-refractivity contribution < 1.29 is 14.4 Å². The highest BCUT2D eigenvalue weighted by Gasteiger charge is 2.35. The maximum atomic E-state index is 13.8. The highest BCUT2D eigenvalue weighted by atomic mass is 35.5. The molecule has 0 saturated heterocycles. The lowest BCUT2D eigenvalue weighted by Gasteiger charge is -2.33. The van der Waals surface area contributed by atoms with Crippen LogP contribution in [-0.2, 0) is 4.79 Å². The molecule has 0 radical (unpaired) electrons. The van der Waals surface area contributed by atoms with E-state index in [0.29, 0.717) is 21.8 Å². The van der Waals surface area contributed by atoms with Crippen LogP contribution in [0.1, 0.15) is 71.5 Å². The molecule has 1 fully saturated rings. The zero-order valence-corrected chi connectivity index (χ0v) is 20.4. The minimum absolute atomic E-state index is 0.0675. The van der Waals surface area contributed by atoms with Gasteiger partial charge in [-0.05, 0) is 73.9 Å². The highest BCUT2D eigenvalue weighted by Crippen LogP contribution is 2.31. The van der Waals surface area contributed by atoms with Gasteiger partial charge in [0, 0.05) is 28.5 Å². The summed E-state index contributed by atoms with van der Waals surface area (Å²) in [5.74, 6) is -0.762. The topological polar surface area (TPSA) is 79.4 Å². The summed E-state index contributed by atoms with van der Waals surface area (Å²) < 4.78 is 0. The quantitative estimate of drug-likeness (QED) is 0.427. The van der Waals surface area contributed by atoms with E-state index < -0.39 is 11.9 Å². The number of nitrogens with zero attached hydrogens (tertiary/aromatic N) is 2. The molecule has 1 aromatic heterocycles. The Labute approximate surface area is 210 Å². The summed E-state index contributed by atoms with van der Waals surface area (Å²) in [6.07, 6.45) is 6.68. The van der Waals surface area contributed by atoms with Crippen LogP contribution in [0.3, 0.4) is 0 Å². The third-order valence-corrected chi connectivity index (χ3v) is 6.55. The van der Waals surface area contributed by atoms with E-state index in [2.05, 4.69) is 10.3 Å². The van der Waals surface area contributed by atoms with Gasteiger partial charge in [0.2, 0.25) is 5.91 Å². The average Bonchev–Trinajstić information content (AvgIpc) is 2.88. The van der Waals surface area contributed by atoms with Gasteiger partial charge in [-0.15, -0.1) is 0 Å². The van der Waals surface area contributed by atoms with Crippen molar-refractivity contribution in [2.24, 2.45) is 0 Å². The van der Waals surface area contributed by atoms with Gasteiger partial charge < -0.3 is 5.32 Å². The van der Waals surface area contributed by atoms with Crippen molar-refractivity contribution in [3.8, 4) is 0 Å². The highest BCUT2D eigenvalue weighted by molar-refractivity contribution is 6.30. The number of carbonyl (C=O) groups is 3. The Kier molecular flexibility index (Phi) is 7.93. The molecule has 35 heavy (non-hydrogen) atoms. The number of hydrogen-bond acceptors (Lipinski definition) is 4. The average molecular weight is 490 g/mol. The maximum absolute atomic E-state index is 13.8. The fourth-order valence-corrected chi connectivity index (χ4v) is 4.57. The number of ketones is 1. The normalized spacial score (nSPS) is 14.7. The Morgan fingerprint density at radius 2 is 1.63 bits per heavy atom. The van der Waals surface area contributed by atoms with Crippen LogP contribution < -0.4 is 10.2 Å². The number of hydrogen-bond donors (Lipinski definition) is 1. The monoisotopic (exact) mass is 489 g/mol. The van der Waals surface area contributed by atoms with Crippen molar-refractivity contribution in [2.75, 3.05) is 4.90 Å². The van der Waals surface area contributed by atoms with Crippen LogP contribution >= 0.6 is 11.6 Å². The lowest BCUT2D eigenvalue weighted by molar-refractivity contribution is -0.123. The largest absolute Gasteiger partial charge is 0.351 e. The summed E-state index contributed by atoms with van der Waals surface area (Å²) in [6.45, 7) is 1.49. The van der Waals surface area contributed by atoms with Crippen molar-refractivity contribution in [2.45, 2.75) is 51.1 Å². The molecule has 2 aromatic carbocycles. The van der Waals surface area contributed by atoms with Crippen LogP contribution in [0.5, 0.6) is 0 Å². The minimum Gasteiger partial charge on any atom is -0.351 e. The molecule has 1 aliphatic rings. The third kappa shape index (κ3) is 5.95. The summed E-state index contributed by atoms with van der Waals surface area (Å²) >= 11 is 6.13. The van der Waals surface area contributed by atoms with Crippen molar-refractivity contribution in [1.82, 2.24) is 10.3 Å². The van der Waals surface area contributed by atoms with E-state index in [-0.39, 0.29) is 23.4 Å². The fourth-order valence-electron chi connectivity index (χ4n) is 4.44. The predicted molar refractivity (Wildman–Crippen MR) is 137 cm³/mol. The third-order valence-electron chi connectivity index (χ3n) is 6.30. The molecule has 3 aromatic rings. The van der Waals surface area contributed by atoms with Gasteiger partial charge in [-0.3, -0.25) is 24.3 Å². The molecule has 0 bridgehead atoms. The standard InChI is InChI=1S/C28H28ClN3O3/c1-19(33)20-12-16-24(17-13-20)32(28(35)25-9-5-6-18-30-25)26(21-10-14-22(29)15-11-21)27(34)31-23-7-3-2-4-8-23/h5-6,9-18,23,26H,2-4,7-8H2,1H3,(H,31,34)/t26-/m0/s1. The second-order valence-corrected chi connectivity index (χ2v) is 9.23. The number of halogens is 1. The van der Waals surface area contributed by atoms with Crippen molar-refractivity contribution in [3.05, 3.63) is 94.8 Å². The summed E-state index contributed by atoms with van der Waals surface area (Å²) in [7, 11) is 0. The number of rotatable bonds is 7. The first-order valence-electron chi connectivity index (χ1n) is 11.9. The lowest BCUT2D eigenvalue weighted by Crippen LogP contribution is -2.47. The van der Waals surface area contributed by atoms with Crippen LogP contribution in [0.25, 0.3) is 0 Å². The van der Waals surface area contributed by atoms with E-state index in [1.54, 1.807) is 72.9 Å².